The van der Waals surface area contributed by atoms with Gasteiger partial charge in [0.25, 0.3) is 11.6 Å². The molecule has 0 aliphatic heterocycles. The van der Waals surface area contributed by atoms with E-state index in [1.165, 1.54) is 23.1 Å². The van der Waals surface area contributed by atoms with Gasteiger partial charge in [-0.25, -0.2) is 0 Å². The van der Waals surface area contributed by atoms with E-state index >= 15 is 0 Å². The molecule has 1 N–H and O–H groups in total. The van der Waals surface area contributed by atoms with E-state index in [2.05, 4.69) is 5.32 Å². The molecule has 1 aromatic carbocycles. The van der Waals surface area contributed by atoms with Crippen LogP contribution < -0.4 is 5.32 Å². The summed E-state index contributed by atoms with van der Waals surface area (Å²) in [7, 11) is 0. The van der Waals surface area contributed by atoms with E-state index in [4.69, 9.17) is 11.6 Å². The van der Waals surface area contributed by atoms with E-state index in [1.807, 2.05) is 26.0 Å². The maximum Gasteiger partial charge on any atom is 0.287 e. The molecule has 0 saturated carbocycles. The smallest absolute Gasteiger partial charge is 0.287 e. The molecule has 7 heteroatoms. The summed E-state index contributed by atoms with van der Waals surface area (Å²) in [5.41, 5.74) is 0.0841. The van der Waals surface area contributed by atoms with Gasteiger partial charge in [0.15, 0.2) is 0 Å². The van der Waals surface area contributed by atoms with Gasteiger partial charge in [-0.15, -0.1) is 11.3 Å². The highest BCUT2D eigenvalue weighted by Crippen LogP contribution is 2.26. The van der Waals surface area contributed by atoms with Gasteiger partial charge in [-0.3, -0.25) is 14.9 Å². The Morgan fingerprint density at radius 2 is 2.10 bits per heavy atom. The molecule has 1 amide bonds. The zero-order valence-corrected chi connectivity index (χ0v) is 13.0. The van der Waals surface area contributed by atoms with Gasteiger partial charge in [-0.2, -0.15) is 0 Å². The molecule has 0 bridgehead atoms. The van der Waals surface area contributed by atoms with E-state index < -0.39 is 4.92 Å². The largest absolute Gasteiger partial charge is 0.345 e. The van der Waals surface area contributed by atoms with Crippen LogP contribution in [0.15, 0.2) is 30.3 Å². The van der Waals surface area contributed by atoms with E-state index in [9.17, 15) is 14.9 Å². The van der Waals surface area contributed by atoms with Crippen LogP contribution in [0, 0.1) is 17.0 Å². The summed E-state index contributed by atoms with van der Waals surface area (Å²) in [4.78, 5) is 24.5. The van der Waals surface area contributed by atoms with E-state index in [1.54, 1.807) is 11.3 Å². The lowest BCUT2D eigenvalue weighted by Crippen LogP contribution is -2.26. The minimum Gasteiger partial charge on any atom is -0.345 e. The van der Waals surface area contributed by atoms with Crippen molar-refractivity contribution in [2.24, 2.45) is 0 Å². The Kier molecular flexibility index (Phi) is 4.59. The van der Waals surface area contributed by atoms with E-state index in [0.717, 1.165) is 4.88 Å². The topological polar surface area (TPSA) is 72.2 Å². The van der Waals surface area contributed by atoms with Crippen LogP contribution in [0.3, 0.4) is 0 Å². The molecule has 1 heterocycles. The second kappa shape index (κ2) is 6.24. The second-order valence-corrected chi connectivity index (χ2v) is 6.29. The Morgan fingerprint density at radius 1 is 1.38 bits per heavy atom. The minimum absolute atomic E-state index is 0.0488. The van der Waals surface area contributed by atoms with Crippen LogP contribution in [0.5, 0.6) is 0 Å². The Balaban J connectivity index is 2.13. The molecular formula is C14H13ClN2O3S. The first kappa shape index (κ1) is 15.5. The average Bonchev–Trinajstić information content (AvgIpc) is 2.84. The highest BCUT2D eigenvalue weighted by Gasteiger charge is 2.17. The number of rotatable bonds is 4. The third-order valence-electron chi connectivity index (χ3n) is 2.94. The predicted octanol–water partition coefficient (Wildman–Crippen LogP) is 4.11. The summed E-state index contributed by atoms with van der Waals surface area (Å²) in [6, 6.07) is 7.76. The van der Waals surface area contributed by atoms with Crippen molar-refractivity contribution in [1.29, 1.82) is 0 Å². The number of carbonyl (C=O) groups is 1. The Bertz CT molecular complexity index is 699. The third-order valence-corrected chi connectivity index (χ3v) is 4.43. The fourth-order valence-electron chi connectivity index (χ4n) is 1.83. The average molecular weight is 325 g/mol. The standard InChI is InChI=1S/C14H13ClN2O3S/c1-8-3-6-13(21-8)9(2)16-14(18)10-4-5-12(17(19)20)11(15)7-10/h3-7,9H,1-2H3,(H,16,18). The molecule has 0 radical (unpaired) electrons. The predicted molar refractivity (Wildman–Crippen MR) is 83.0 cm³/mol. The molecule has 110 valence electrons. The highest BCUT2D eigenvalue weighted by molar-refractivity contribution is 7.12. The van der Waals surface area contributed by atoms with Crippen LogP contribution in [0.2, 0.25) is 5.02 Å². The normalized spacial score (nSPS) is 12.0. The number of aryl methyl sites for hydroxylation is 1. The van der Waals surface area contributed by atoms with Gasteiger partial charge in [0.1, 0.15) is 5.02 Å². The molecule has 0 aliphatic rings. The van der Waals surface area contributed by atoms with Crippen LogP contribution in [-0.2, 0) is 0 Å². The molecule has 0 fully saturated rings. The molecule has 1 aromatic heterocycles. The molecule has 5 nitrogen and oxygen atoms in total. The van der Waals surface area contributed by atoms with Crippen molar-refractivity contribution in [2.75, 3.05) is 0 Å². The number of benzene rings is 1. The number of nitro groups is 1. The lowest BCUT2D eigenvalue weighted by atomic mass is 10.1. The van der Waals surface area contributed by atoms with Gasteiger partial charge in [0.2, 0.25) is 0 Å². The van der Waals surface area contributed by atoms with Crippen LogP contribution in [0.25, 0.3) is 0 Å². The molecule has 2 rings (SSSR count). The van der Waals surface area contributed by atoms with Crippen molar-refractivity contribution in [3.8, 4) is 0 Å². The monoisotopic (exact) mass is 324 g/mol. The van der Waals surface area contributed by atoms with Gasteiger partial charge >= 0.3 is 0 Å². The Morgan fingerprint density at radius 3 is 2.62 bits per heavy atom. The van der Waals surface area contributed by atoms with Gasteiger partial charge < -0.3 is 5.32 Å². The third kappa shape index (κ3) is 3.59. The first-order chi connectivity index (χ1) is 9.88. The van der Waals surface area contributed by atoms with Crippen LogP contribution in [-0.4, -0.2) is 10.8 Å². The number of nitro benzene ring substituents is 1. The Labute approximate surface area is 130 Å². The number of nitrogens with one attached hydrogen (secondary N) is 1. The summed E-state index contributed by atoms with van der Waals surface area (Å²) in [5.74, 6) is -0.314. The van der Waals surface area contributed by atoms with Crippen molar-refractivity contribution in [1.82, 2.24) is 5.32 Å². The Hall–Kier alpha value is -1.92. The van der Waals surface area contributed by atoms with Gasteiger partial charge in [0.05, 0.1) is 11.0 Å². The van der Waals surface area contributed by atoms with Crippen LogP contribution in [0.4, 0.5) is 5.69 Å². The van der Waals surface area contributed by atoms with Crippen molar-refractivity contribution < 1.29 is 9.72 Å². The molecular weight excluding hydrogens is 312 g/mol. The molecule has 0 saturated heterocycles. The van der Waals surface area contributed by atoms with Crippen molar-refractivity contribution in [3.63, 3.8) is 0 Å². The lowest BCUT2D eigenvalue weighted by molar-refractivity contribution is -0.384. The SMILES string of the molecule is Cc1ccc(C(C)NC(=O)c2ccc([N+](=O)[O-])c(Cl)c2)s1. The van der Waals surface area contributed by atoms with E-state index in [-0.39, 0.29) is 22.7 Å². The number of amides is 1. The molecule has 1 atom stereocenters. The van der Waals surface area contributed by atoms with Gasteiger partial charge in [-0.05, 0) is 38.1 Å². The first-order valence-corrected chi connectivity index (χ1v) is 7.39. The summed E-state index contributed by atoms with van der Waals surface area (Å²) >= 11 is 7.42. The van der Waals surface area contributed by atoms with Gasteiger partial charge in [-0.1, -0.05) is 11.6 Å². The number of hydrogen-bond donors (Lipinski definition) is 1. The molecule has 21 heavy (non-hydrogen) atoms. The van der Waals surface area contributed by atoms with Gasteiger partial charge in [0, 0.05) is 21.4 Å². The first-order valence-electron chi connectivity index (χ1n) is 6.19. The number of carbonyl (C=O) groups excluding carboxylic acids is 1. The zero-order chi connectivity index (χ0) is 15.6. The summed E-state index contributed by atoms with van der Waals surface area (Å²) in [6.45, 7) is 3.88. The van der Waals surface area contributed by atoms with Crippen molar-refractivity contribution in [2.45, 2.75) is 19.9 Å². The minimum atomic E-state index is -0.582. The summed E-state index contributed by atoms with van der Waals surface area (Å²) < 4.78 is 0. The van der Waals surface area contributed by atoms with Crippen molar-refractivity contribution in [3.05, 3.63) is 60.8 Å². The molecule has 0 aliphatic carbocycles. The maximum absolute atomic E-state index is 12.1. The number of halogens is 1. The lowest BCUT2D eigenvalue weighted by Gasteiger charge is -2.12. The molecule has 0 spiro atoms. The molecule has 1 unspecified atom stereocenters. The number of thiophene rings is 1. The number of hydrogen-bond acceptors (Lipinski definition) is 4. The fourth-order valence-corrected chi connectivity index (χ4v) is 2.96. The summed E-state index contributed by atoms with van der Waals surface area (Å²) in [6.07, 6.45) is 0. The van der Waals surface area contributed by atoms with E-state index in [0.29, 0.717) is 5.56 Å². The quantitative estimate of drug-likeness (QED) is 0.679. The summed E-state index contributed by atoms with van der Waals surface area (Å²) in [5, 5.41) is 13.5. The zero-order valence-electron chi connectivity index (χ0n) is 11.4. The highest BCUT2D eigenvalue weighted by atomic mass is 35.5. The maximum atomic E-state index is 12.1. The molecule has 2 aromatic rings. The number of nitrogens with zero attached hydrogens (tertiary/aromatic N) is 1. The fraction of sp³-hybridized carbons (Fsp3) is 0.214. The van der Waals surface area contributed by atoms with Crippen LogP contribution >= 0.6 is 22.9 Å². The van der Waals surface area contributed by atoms with Crippen molar-refractivity contribution >= 4 is 34.5 Å². The second-order valence-electron chi connectivity index (χ2n) is 4.57. The van der Waals surface area contributed by atoms with Crippen LogP contribution in [0.1, 0.15) is 33.1 Å².